The van der Waals surface area contributed by atoms with Gasteiger partial charge in [-0.2, -0.15) is 5.10 Å². The van der Waals surface area contributed by atoms with Gasteiger partial charge < -0.3 is 20.7 Å². The van der Waals surface area contributed by atoms with Crippen molar-refractivity contribution in [3.63, 3.8) is 0 Å². The summed E-state index contributed by atoms with van der Waals surface area (Å²) >= 11 is 0. The maximum absolute atomic E-state index is 14.5. The molecule has 3 aromatic rings. The summed E-state index contributed by atoms with van der Waals surface area (Å²) in [7, 11) is 1.59. The Balaban J connectivity index is 1.76. The minimum Gasteiger partial charge on any atom is -0.497 e. The number of carbonyl (C=O) groups excluding carboxylic acids is 2. The van der Waals surface area contributed by atoms with Crippen molar-refractivity contribution in [1.29, 1.82) is 0 Å². The summed E-state index contributed by atoms with van der Waals surface area (Å²) < 4.78 is 21.3. The van der Waals surface area contributed by atoms with E-state index < -0.39 is 17.6 Å². The lowest BCUT2D eigenvalue weighted by Crippen LogP contribution is -2.37. The first-order chi connectivity index (χ1) is 15.1. The van der Waals surface area contributed by atoms with E-state index in [4.69, 9.17) is 10.5 Å². The first kappa shape index (κ1) is 21.6. The molecule has 0 radical (unpaired) electrons. The third-order valence-electron chi connectivity index (χ3n) is 5.98. The Bertz CT molecular complexity index is 1210. The van der Waals surface area contributed by atoms with E-state index in [1.807, 2.05) is 6.07 Å². The van der Waals surface area contributed by atoms with Crippen LogP contribution in [0.3, 0.4) is 0 Å². The number of carbonyl (C=O) groups is 2. The van der Waals surface area contributed by atoms with Crippen LogP contribution in [0.1, 0.15) is 47.1 Å². The van der Waals surface area contributed by atoms with Gasteiger partial charge in [0.1, 0.15) is 11.4 Å². The van der Waals surface area contributed by atoms with Crippen LogP contribution in [0.25, 0.3) is 5.52 Å². The summed E-state index contributed by atoms with van der Waals surface area (Å²) in [5.41, 5.74) is 7.24. The Morgan fingerprint density at radius 3 is 2.75 bits per heavy atom. The van der Waals surface area contributed by atoms with Crippen molar-refractivity contribution in [2.75, 3.05) is 23.9 Å². The lowest BCUT2D eigenvalue weighted by atomic mass is 9.98. The topological polar surface area (TPSA) is 102 Å². The zero-order chi connectivity index (χ0) is 23.2. The van der Waals surface area contributed by atoms with Crippen LogP contribution in [0.5, 0.6) is 5.75 Å². The molecule has 1 aliphatic rings. The fourth-order valence-electron chi connectivity index (χ4n) is 3.76. The number of ether oxygens (including phenoxy) is 1. The van der Waals surface area contributed by atoms with Crippen LogP contribution in [0.2, 0.25) is 0 Å². The molecule has 0 bridgehead atoms. The summed E-state index contributed by atoms with van der Waals surface area (Å²) in [6.07, 6.45) is 3.73. The number of primary amides is 1. The van der Waals surface area contributed by atoms with Crippen molar-refractivity contribution in [2.45, 2.75) is 38.9 Å². The van der Waals surface area contributed by atoms with Gasteiger partial charge in [0.25, 0.3) is 11.8 Å². The molecule has 0 saturated carbocycles. The second-order valence-corrected chi connectivity index (χ2v) is 8.49. The van der Waals surface area contributed by atoms with Crippen LogP contribution in [-0.4, -0.2) is 46.8 Å². The number of amides is 2. The van der Waals surface area contributed by atoms with Crippen molar-refractivity contribution >= 4 is 28.7 Å². The van der Waals surface area contributed by atoms with E-state index in [2.05, 4.69) is 10.4 Å². The quantitative estimate of drug-likeness (QED) is 0.614. The number of hydrogen-bond donors (Lipinski definition) is 2. The second kappa shape index (κ2) is 7.81. The molecule has 0 saturated heterocycles. The third-order valence-corrected chi connectivity index (χ3v) is 5.98. The zero-order valence-electron chi connectivity index (χ0n) is 18.5. The molecule has 0 spiro atoms. The predicted octanol–water partition coefficient (Wildman–Crippen LogP) is 3.19. The monoisotopic (exact) mass is 439 g/mol. The standard InChI is InChI=1S/C23H26FN5O3/c1-13(23(2,3)24)27-20-18(21(25)30)11-26-29-12-15(10-19(20)29)28-8-7-14-9-16(32-4)5-6-17(14)22(28)31/h5-6,9-13,27H,7-8H2,1-4H3,(H2,25,30). The van der Waals surface area contributed by atoms with E-state index in [1.165, 1.54) is 20.0 Å². The number of alkyl halides is 1. The molecule has 1 aromatic carbocycles. The lowest BCUT2D eigenvalue weighted by Gasteiger charge is -2.28. The van der Waals surface area contributed by atoms with Gasteiger partial charge in [0, 0.05) is 12.1 Å². The molecule has 2 amide bonds. The van der Waals surface area contributed by atoms with Crippen LogP contribution in [0.15, 0.2) is 36.7 Å². The molecule has 4 rings (SSSR count). The summed E-state index contributed by atoms with van der Waals surface area (Å²) in [6.45, 7) is 5.07. The minimum atomic E-state index is -1.54. The van der Waals surface area contributed by atoms with E-state index in [9.17, 15) is 14.0 Å². The fraction of sp³-hybridized carbons (Fsp3) is 0.348. The summed E-state index contributed by atoms with van der Waals surface area (Å²) in [5.74, 6) is -0.0952. The first-order valence-corrected chi connectivity index (χ1v) is 10.4. The molecule has 1 atom stereocenters. The third kappa shape index (κ3) is 3.74. The Hall–Kier alpha value is -3.62. The number of benzene rings is 1. The molecule has 0 fully saturated rings. The SMILES string of the molecule is COc1ccc2c(c1)CCN(c1cc3c(NC(C)C(C)(C)F)c(C(N)=O)cnn3c1)C2=O. The largest absolute Gasteiger partial charge is 0.497 e. The highest BCUT2D eigenvalue weighted by Crippen LogP contribution is 2.32. The molecule has 168 valence electrons. The number of nitrogens with two attached hydrogens (primary N) is 1. The van der Waals surface area contributed by atoms with Gasteiger partial charge in [-0.1, -0.05) is 0 Å². The molecule has 8 nitrogen and oxygen atoms in total. The second-order valence-electron chi connectivity index (χ2n) is 8.49. The van der Waals surface area contributed by atoms with Crippen molar-refractivity contribution in [3.05, 3.63) is 53.3 Å². The number of anilines is 2. The van der Waals surface area contributed by atoms with Crippen molar-refractivity contribution < 1.29 is 18.7 Å². The number of nitrogens with zero attached hydrogens (tertiary/aromatic N) is 3. The van der Waals surface area contributed by atoms with Gasteiger partial charge in [-0.15, -0.1) is 0 Å². The molecule has 0 aliphatic carbocycles. The Kier molecular flexibility index (Phi) is 5.28. The van der Waals surface area contributed by atoms with Gasteiger partial charge in [-0.05, 0) is 57.0 Å². The Morgan fingerprint density at radius 2 is 2.09 bits per heavy atom. The summed E-state index contributed by atoms with van der Waals surface area (Å²) in [6, 6.07) is 6.55. The van der Waals surface area contributed by atoms with E-state index in [1.54, 1.807) is 47.8 Å². The smallest absolute Gasteiger partial charge is 0.258 e. The lowest BCUT2D eigenvalue weighted by molar-refractivity contribution is 0.0977. The van der Waals surface area contributed by atoms with Crippen LogP contribution in [0, 0.1) is 0 Å². The van der Waals surface area contributed by atoms with E-state index in [0.29, 0.717) is 41.2 Å². The number of rotatable bonds is 6. The van der Waals surface area contributed by atoms with Crippen LogP contribution in [-0.2, 0) is 6.42 Å². The highest BCUT2D eigenvalue weighted by atomic mass is 19.1. The molecule has 2 aromatic heterocycles. The summed E-state index contributed by atoms with van der Waals surface area (Å²) in [5, 5.41) is 7.34. The number of methoxy groups -OCH3 is 1. The Labute approximate surface area is 185 Å². The molecular formula is C23H26FN5O3. The van der Waals surface area contributed by atoms with Gasteiger partial charge in [-0.3, -0.25) is 9.59 Å². The summed E-state index contributed by atoms with van der Waals surface area (Å²) in [4.78, 5) is 26.9. The first-order valence-electron chi connectivity index (χ1n) is 10.4. The van der Waals surface area contributed by atoms with Crippen LogP contribution >= 0.6 is 0 Å². The maximum Gasteiger partial charge on any atom is 0.258 e. The van der Waals surface area contributed by atoms with Crippen LogP contribution < -0.4 is 20.7 Å². The predicted molar refractivity (Wildman–Crippen MR) is 120 cm³/mol. The van der Waals surface area contributed by atoms with E-state index in [-0.39, 0.29) is 11.5 Å². The van der Waals surface area contributed by atoms with E-state index >= 15 is 0 Å². The highest BCUT2D eigenvalue weighted by molar-refractivity contribution is 6.09. The average Bonchev–Trinajstić information content (AvgIpc) is 3.17. The maximum atomic E-state index is 14.5. The van der Waals surface area contributed by atoms with Crippen molar-refractivity contribution in [1.82, 2.24) is 9.61 Å². The van der Waals surface area contributed by atoms with Gasteiger partial charge in [0.05, 0.1) is 48.0 Å². The number of hydrogen-bond acceptors (Lipinski definition) is 5. The molecule has 32 heavy (non-hydrogen) atoms. The van der Waals surface area contributed by atoms with Gasteiger partial charge >= 0.3 is 0 Å². The number of fused-ring (bicyclic) bond motifs is 2. The van der Waals surface area contributed by atoms with Crippen molar-refractivity contribution in [3.8, 4) is 5.75 Å². The van der Waals surface area contributed by atoms with Gasteiger partial charge in [0.2, 0.25) is 0 Å². The highest BCUT2D eigenvalue weighted by Gasteiger charge is 2.29. The molecule has 9 heteroatoms. The molecule has 3 N–H and O–H groups in total. The number of halogens is 1. The molecule has 3 heterocycles. The number of nitrogens with one attached hydrogen (secondary N) is 1. The van der Waals surface area contributed by atoms with Crippen molar-refractivity contribution in [2.24, 2.45) is 5.73 Å². The zero-order valence-corrected chi connectivity index (χ0v) is 18.5. The van der Waals surface area contributed by atoms with Gasteiger partial charge in [0.15, 0.2) is 0 Å². The van der Waals surface area contributed by atoms with E-state index in [0.717, 1.165) is 5.56 Å². The van der Waals surface area contributed by atoms with Crippen LogP contribution in [0.4, 0.5) is 15.8 Å². The minimum absolute atomic E-state index is 0.132. The Morgan fingerprint density at radius 1 is 1.34 bits per heavy atom. The molecular weight excluding hydrogens is 413 g/mol. The fourth-order valence-corrected chi connectivity index (χ4v) is 3.76. The average molecular weight is 439 g/mol. The number of aromatic nitrogens is 2. The molecule has 1 unspecified atom stereocenters. The molecule has 1 aliphatic heterocycles. The normalized spacial score (nSPS) is 14.9. The van der Waals surface area contributed by atoms with Gasteiger partial charge in [-0.25, -0.2) is 8.91 Å².